The Hall–Kier alpha value is -3.15. The van der Waals surface area contributed by atoms with Crippen LogP contribution in [0.5, 0.6) is 5.75 Å². The molecule has 2 saturated heterocycles. The van der Waals surface area contributed by atoms with Crippen molar-refractivity contribution in [2.45, 2.75) is 51.0 Å². The third-order valence-corrected chi connectivity index (χ3v) is 8.38. The van der Waals surface area contributed by atoms with Crippen LogP contribution in [0.3, 0.4) is 0 Å². The zero-order valence-electron chi connectivity index (χ0n) is 24.0. The number of rotatable bonds is 11. The monoisotopic (exact) mass is 539 g/mol. The second-order valence-electron chi connectivity index (χ2n) is 11.7. The smallest absolute Gasteiger partial charge is 0.251 e. The largest absolute Gasteiger partial charge is 0.489 e. The summed E-state index contributed by atoms with van der Waals surface area (Å²) in [6.45, 7) is 9.40. The first-order valence-electron chi connectivity index (χ1n) is 15.2. The molecule has 2 fully saturated rings. The van der Waals surface area contributed by atoms with E-state index in [9.17, 15) is 4.79 Å². The van der Waals surface area contributed by atoms with Gasteiger partial charge in [-0.1, -0.05) is 73.7 Å². The minimum atomic E-state index is -0.0173. The van der Waals surface area contributed by atoms with Crippen LogP contribution in [0.4, 0.5) is 0 Å². The summed E-state index contributed by atoms with van der Waals surface area (Å²) >= 11 is 0. The van der Waals surface area contributed by atoms with Gasteiger partial charge in [-0.05, 0) is 87.0 Å². The van der Waals surface area contributed by atoms with E-state index in [1.165, 1.54) is 37.1 Å². The van der Waals surface area contributed by atoms with Crippen LogP contribution >= 0.6 is 0 Å². The van der Waals surface area contributed by atoms with E-state index in [0.29, 0.717) is 18.0 Å². The van der Waals surface area contributed by atoms with Crippen molar-refractivity contribution < 1.29 is 9.53 Å². The van der Waals surface area contributed by atoms with E-state index in [-0.39, 0.29) is 12.0 Å². The topological polar surface area (TPSA) is 44.8 Å². The summed E-state index contributed by atoms with van der Waals surface area (Å²) in [5.74, 6) is 1.88. The first-order chi connectivity index (χ1) is 19.6. The molecule has 2 aliphatic rings. The normalized spacial score (nSPS) is 20.4. The highest BCUT2D eigenvalue weighted by Crippen LogP contribution is 2.28. The Balaban J connectivity index is 1.13. The molecule has 5 nitrogen and oxygen atoms in total. The Morgan fingerprint density at radius 3 is 2.30 bits per heavy atom. The Morgan fingerprint density at radius 1 is 0.875 bits per heavy atom. The number of hydrogen-bond donors (Lipinski definition) is 1. The van der Waals surface area contributed by atoms with Gasteiger partial charge in [0.25, 0.3) is 5.91 Å². The third-order valence-electron chi connectivity index (χ3n) is 8.38. The van der Waals surface area contributed by atoms with Crippen molar-refractivity contribution >= 4 is 5.91 Å². The van der Waals surface area contributed by atoms with Gasteiger partial charge in [-0.15, -0.1) is 0 Å². The fourth-order valence-corrected chi connectivity index (χ4v) is 6.31. The summed E-state index contributed by atoms with van der Waals surface area (Å²) in [5.41, 5.74) is 3.37. The number of carbonyl (C=O) groups is 1. The molecule has 0 radical (unpaired) electrons. The molecule has 1 N–H and O–H groups in total. The lowest BCUT2D eigenvalue weighted by Crippen LogP contribution is -2.43. The van der Waals surface area contributed by atoms with Gasteiger partial charge in [0.1, 0.15) is 11.9 Å². The van der Waals surface area contributed by atoms with Crippen molar-refractivity contribution in [3.63, 3.8) is 0 Å². The second kappa shape index (κ2) is 14.5. The molecular weight excluding hydrogens is 494 g/mol. The number of likely N-dealkylation sites (tertiary alicyclic amines) is 2. The number of carbonyl (C=O) groups excluding carboxylic acids is 1. The predicted octanol–water partition coefficient (Wildman–Crippen LogP) is 6.21. The standard InChI is InChI=1S/C35H45N3O2/c1-28-12-9-21-37(25-28)23-11-20-36-35(39)31-17-8-18-32(24-31)40-33-19-10-22-38(26-33)27-34(29-13-4-2-5-14-29)30-15-6-3-7-16-30/h2-8,13-18,24,28,33-34H,9-12,19-23,25-27H2,1H3,(H,36,39). The molecule has 212 valence electrons. The van der Waals surface area contributed by atoms with Crippen LogP contribution in [0.2, 0.25) is 0 Å². The van der Waals surface area contributed by atoms with E-state index in [2.05, 4.69) is 82.7 Å². The van der Waals surface area contributed by atoms with E-state index in [0.717, 1.165) is 57.1 Å². The molecule has 0 aromatic heterocycles. The van der Waals surface area contributed by atoms with Crippen LogP contribution in [-0.4, -0.2) is 67.6 Å². The van der Waals surface area contributed by atoms with Gasteiger partial charge >= 0.3 is 0 Å². The lowest BCUT2D eigenvalue weighted by Gasteiger charge is -2.35. The van der Waals surface area contributed by atoms with Crippen LogP contribution < -0.4 is 10.1 Å². The number of nitrogens with zero attached hydrogens (tertiary/aromatic N) is 2. The quantitative estimate of drug-likeness (QED) is 0.294. The van der Waals surface area contributed by atoms with E-state index in [1.807, 2.05) is 24.3 Å². The van der Waals surface area contributed by atoms with Gasteiger partial charge < -0.3 is 15.0 Å². The van der Waals surface area contributed by atoms with Gasteiger partial charge in [0, 0.05) is 37.7 Å². The van der Waals surface area contributed by atoms with Crippen molar-refractivity contribution in [3.05, 3.63) is 102 Å². The molecule has 0 bridgehead atoms. The molecule has 1 amide bonds. The number of ether oxygens (including phenoxy) is 1. The maximum atomic E-state index is 12.8. The fraction of sp³-hybridized carbons (Fsp3) is 0.457. The Kier molecular flexibility index (Phi) is 10.3. The second-order valence-corrected chi connectivity index (χ2v) is 11.7. The van der Waals surface area contributed by atoms with Crippen LogP contribution in [-0.2, 0) is 0 Å². The van der Waals surface area contributed by atoms with Crippen molar-refractivity contribution in [2.24, 2.45) is 5.92 Å². The summed E-state index contributed by atoms with van der Waals surface area (Å²) in [6.07, 6.45) is 5.87. The zero-order valence-corrected chi connectivity index (χ0v) is 24.0. The molecule has 40 heavy (non-hydrogen) atoms. The number of piperidine rings is 2. The molecular formula is C35H45N3O2. The molecule has 2 unspecified atom stereocenters. The number of hydrogen-bond acceptors (Lipinski definition) is 4. The minimum Gasteiger partial charge on any atom is -0.489 e. The van der Waals surface area contributed by atoms with Crippen molar-refractivity contribution in [3.8, 4) is 5.75 Å². The van der Waals surface area contributed by atoms with Gasteiger partial charge in [-0.25, -0.2) is 0 Å². The lowest BCUT2D eigenvalue weighted by atomic mass is 9.90. The fourth-order valence-electron chi connectivity index (χ4n) is 6.31. The molecule has 2 heterocycles. The van der Waals surface area contributed by atoms with Crippen LogP contribution in [0.1, 0.15) is 66.4 Å². The molecule has 2 atom stereocenters. The molecule has 2 aliphatic heterocycles. The summed E-state index contributed by atoms with van der Waals surface area (Å²) < 4.78 is 6.46. The zero-order chi connectivity index (χ0) is 27.6. The van der Waals surface area contributed by atoms with E-state index in [1.54, 1.807) is 0 Å². The van der Waals surface area contributed by atoms with Gasteiger partial charge in [0.2, 0.25) is 0 Å². The average molecular weight is 540 g/mol. The van der Waals surface area contributed by atoms with Gasteiger partial charge in [-0.3, -0.25) is 9.69 Å². The molecule has 0 aliphatic carbocycles. The van der Waals surface area contributed by atoms with Crippen molar-refractivity contribution in [1.29, 1.82) is 0 Å². The first-order valence-corrected chi connectivity index (χ1v) is 15.2. The summed E-state index contributed by atoms with van der Waals surface area (Å²) in [5, 5.41) is 3.11. The van der Waals surface area contributed by atoms with Gasteiger partial charge in [0.15, 0.2) is 0 Å². The Bertz CT molecular complexity index is 1150. The Morgan fingerprint density at radius 2 is 1.57 bits per heavy atom. The summed E-state index contributed by atoms with van der Waals surface area (Å²) in [6, 6.07) is 29.3. The third kappa shape index (κ3) is 8.18. The highest BCUT2D eigenvalue weighted by Gasteiger charge is 2.25. The highest BCUT2D eigenvalue weighted by molar-refractivity contribution is 5.94. The molecule has 5 heteroatoms. The van der Waals surface area contributed by atoms with Crippen LogP contribution in [0.15, 0.2) is 84.9 Å². The van der Waals surface area contributed by atoms with Gasteiger partial charge in [0.05, 0.1) is 0 Å². The number of nitrogens with one attached hydrogen (secondary N) is 1. The highest BCUT2D eigenvalue weighted by atomic mass is 16.5. The Labute approximate surface area is 240 Å². The lowest BCUT2D eigenvalue weighted by molar-refractivity contribution is 0.0861. The number of amides is 1. The number of benzene rings is 3. The SMILES string of the molecule is CC1CCCN(CCCNC(=O)c2cccc(OC3CCCN(CC(c4ccccc4)c4ccccc4)C3)c2)C1. The average Bonchev–Trinajstić information content (AvgIpc) is 2.99. The van der Waals surface area contributed by atoms with Gasteiger partial charge in [-0.2, -0.15) is 0 Å². The molecule has 5 rings (SSSR count). The van der Waals surface area contributed by atoms with Crippen LogP contribution in [0, 0.1) is 5.92 Å². The maximum Gasteiger partial charge on any atom is 0.251 e. The molecule has 3 aromatic rings. The molecule has 0 spiro atoms. The van der Waals surface area contributed by atoms with Crippen molar-refractivity contribution in [2.75, 3.05) is 45.8 Å². The van der Waals surface area contributed by atoms with E-state index >= 15 is 0 Å². The van der Waals surface area contributed by atoms with E-state index in [4.69, 9.17) is 4.74 Å². The molecule has 0 saturated carbocycles. The van der Waals surface area contributed by atoms with E-state index < -0.39 is 0 Å². The maximum absolute atomic E-state index is 12.8. The summed E-state index contributed by atoms with van der Waals surface area (Å²) in [4.78, 5) is 17.9. The van der Waals surface area contributed by atoms with Crippen LogP contribution in [0.25, 0.3) is 0 Å². The van der Waals surface area contributed by atoms with Crippen molar-refractivity contribution in [1.82, 2.24) is 15.1 Å². The molecule has 3 aromatic carbocycles. The minimum absolute atomic E-state index is 0.0173. The first kappa shape index (κ1) is 28.4. The summed E-state index contributed by atoms with van der Waals surface area (Å²) in [7, 11) is 0. The predicted molar refractivity (Wildman–Crippen MR) is 163 cm³/mol.